The maximum Gasteiger partial charge on any atom is 0.135 e. The molecule has 2 rings (SSSR count). The molecule has 0 atom stereocenters. The minimum absolute atomic E-state index is 0.439. The highest BCUT2D eigenvalue weighted by molar-refractivity contribution is 6.18. The van der Waals surface area contributed by atoms with Crippen molar-refractivity contribution in [1.29, 1.82) is 0 Å². The highest BCUT2D eigenvalue weighted by Gasteiger charge is 2.04. The molecular weight excluding hydrogens is 272 g/mol. The molecule has 0 aliphatic carbocycles. The smallest absolute Gasteiger partial charge is 0.135 e. The van der Waals surface area contributed by atoms with Gasteiger partial charge in [-0.3, -0.25) is 4.68 Å². The second-order valence-electron chi connectivity index (χ2n) is 4.51. The van der Waals surface area contributed by atoms with Gasteiger partial charge >= 0.3 is 0 Å². The molecule has 0 aliphatic heterocycles. The summed E-state index contributed by atoms with van der Waals surface area (Å²) >= 11 is 5.64. The Morgan fingerprint density at radius 3 is 2.90 bits per heavy atom. The molecule has 4 heteroatoms. The maximum absolute atomic E-state index is 5.81. The lowest BCUT2D eigenvalue weighted by molar-refractivity contribution is 0.299. The summed E-state index contributed by atoms with van der Waals surface area (Å²) in [4.78, 5) is 0. The van der Waals surface area contributed by atoms with E-state index in [9.17, 15) is 0 Å². The first-order valence-corrected chi connectivity index (χ1v) is 6.99. The van der Waals surface area contributed by atoms with E-state index in [0.717, 1.165) is 22.6 Å². The predicted molar refractivity (Wildman–Crippen MR) is 80.9 cm³/mol. The summed E-state index contributed by atoms with van der Waals surface area (Å²) in [6, 6.07) is 7.92. The van der Waals surface area contributed by atoms with Gasteiger partial charge in [0, 0.05) is 25.5 Å². The van der Waals surface area contributed by atoms with Crippen LogP contribution in [0.5, 0.6) is 5.75 Å². The number of nitrogens with zero attached hydrogens (tertiary/aromatic N) is 2. The number of benzene rings is 1. The van der Waals surface area contributed by atoms with Crippen molar-refractivity contribution in [2.45, 2.75) is 20.0 Å². The summed E-state index contributed by atoms with van der Waals surface area (Å²) in [5.41, 5.74) is 2.95. The topological polar surface area (TPSA) is 27.1 Å². The quantitative estimate of drug-likeness (QED) is 0.638. The van der Waals surface area contributed by atoms with Crippen molar-refractivity contribution >= 4 is 11.6 Å². The number of ether oxygens (including phenoxy) is 1. The van der Waals surface area contributed by atoms with Crippen molar-refractivity contribution in [3.05, 3.63) is 47.3 Å². The average molecular weight is 289 g/mol. The van der Waals surface area contributed by atoms with Crippen LogP contribution in [0.2, 0.25) is 0 Å². The molecule has 0 bridgehead atoms. The van der Waals surface area contributed by atoms with Gasteiger partial charge in [-0.15, -0.1) is 11.6 Å². The fourth-order valence-corrected chi connectivity index (χ4v) is 1.86. The van der Waals surface area contributed by atoms with Gasteiger partial charge in [0.15, 0.2) is 0 Å². The van der Waals surface area contributed by atoms with Crippen LogP contribution in [0, 0.1) is 18.8 Å². The molecule has 0 amide bonds. The normalized spacial score (nSPS) is 9.95. The lowest BCUT2D eigenvalue weighted by Gasteiger charge is -2.07. The van der Waals surface area contributed by atoms with E-state index in [4.69, 9.17) is 16.3 Å². The van der Waals surface area contributed by atoms with Crippen molar-refractivity contribution in [3.8, 4) is 17.6 Å². The van der Waals surface area contributed by atoms with Crippen molar-refractivity contribution in [2.24, 2.45) is 7.05 Å². The Hall–Kier alpha value is -1.92. The summed E-state index contributed by atoms with van der Waals surface area (Å²) in [7, 11) is 1.89. The van der Waals surface area contributed by atoms with E-state index < -0.39 is 0 Å². The van der Waals surface area contributed by atoms with Crippen LogP contribution in [0.1, 0.15) is 23.2 Å². The number of aromatic nitrogens is 2. The summed E-state index contributed by atoms with van der Waals surface area (Å²) < 4.78 is 7.57. The number of hydrogen-bond acceptors (Lipinski definition) is 2. The standard InChI is InChI=1S/C16H17ClN2O/c1-13-6-7-16(14(11-13)5-3-4-9-17)20-12-15-8-10-19(2)18-15/h6-8,10-11H,4,9,12H2,1-2H3. The van der Waals surface area contributed by atoms with Gasteiger partial charge in [-0.05, 0) is 30.7 Å². The lowest BCUT2D eigenvalue weighted by atomic mass is 10.1. The van der Waals surface area contributed by atoms with E-state index in [1.54, 1.807) is 4.68 Å². The molecule has 104 valence electrons. The molecule has 1 aromatic heterocycles. The number of alkyl halides is 1. The first kappa shape index (κ1) is 14.5. The van der Waals surface area contributed by atoms with E-state index in [-0.39, 0.29) is 0 Å². The van der Waals surface area contributed by atoms with Gasteiger partial charge in [-0.2, -0.15) is 5.10 Å². The van der Waals surface area contributed by atoms with Crippen LogP contribution in [0.15, 0.2) is 30.5 Å². The van der Waals surface area contributed by atoms with Gasteiger partial charge in [0.25, 0.3) is 0 Å². The fourth-order valence-electron chi connectivity index (χ4n) is 1.76. The van der Waals surface area contributed by atoms with E-state index >= 15 is 0 Å². The Labute approximate surface area is 124 Å². The highest BCUT2D eigenvalue weighted by atomic mass is 35.5. The van der Waals surface area contributed by atoms with Crippen LogP contribution in [0.3, 0.4) is 0 Å². The van der Waals surface area contributed by atoms with Crippen LogP contribution in [-0.4, -0.2) is 15.7 Å². The van der Waals surface area contributed by atoms with E-state index in [1.165, 1.54) is 0 Å². The molecule has 0 unspecified atom stereocenters. The summed E-state index contributed by atoms with van der Waals surface area (Å²) in [6.07, 6.45) is 2.57. The average Bonchev–Trinajstić information content (AvgIpc) is 2.84. The van der Waals surface area contributed by atoms with Crippen LogP contribution in [0.4, 0.5) is 0 Å². The zero-order chi connectivity index (χ0) is 14.4. The number of rotatable bonds is 4. The summed E-state index contributed by atoms with van der Waals surface area (Å²) in [5.74, 6) is 7.48. The Bertz CT molecular complexity index is 637. The predicted octanol–water partition coefficient (Wildman–Crippen LogP) is 3.29. The van der Waals surface area contributed by atoms with E-state index in [2.05, 4.69) is 16.9 Å². The van der Waals surface area contributed by atoms with Crippen LogP contribution in [-0.2, 0) is 13.7 Å². The first-order valence-electron chi connectivity index (χ1n) is 6.46. The lowest BCUT2D eigenvalue weighted by Crippen LogP contribution is -1.99. The molecule has 0 saturated carbocycles. The van der Waals surface area contributed by atoms with Gasteiger partial charge in [0.2, 0.25) is 0 Å². The van der Waals surface area contributed by atoms with Crippen LogP contribution >= 0.6 is 11.6 Å². The molecule has 1 aromatic carbocycles. The molecular formula is C16H17ClN2O. The van der Waals surface area contributed by atoms with Gasteiger partial charge in [0.1, 0.15) is 12.4 Å². The third-order valence-corrected chi connectivity index (χ3v) is 2.91. The van der Waals surface area contributed by atoms with Gasteiger partial charge in [-0.25, -0.2) is 0 Å². The number of hydrogen-bond donors (Lipinski definition) is 0. The van der Waals surface area contributed by atoms with Crippen molar-refractivity contribution in [2.75, 3.05) is 5.88 Å². The Morgan fingerprint density at radius 2 is 2.20 bits per heavy atom. The Kier molecular flexibility index (Phi) is 5.09. The van der Waals surface area contributed by atoms with Crippen molar-refractivity contribution in [3.63, 3.8) is 0 Å². The third kappa shape index (κ3) is 4.04. The second kappa shape index (κ2) is 7.02. The van der Waals surface area contributed by atoms with E-state index in [1.807, 2.05) is 44.4 Å². The number of aryl methyl sites for hydroxylation is 2. The minimum atomic E-state index is 0.439. The van der Waals surface area contributed by atoms with Crippen molar-refractivity contribution < 1.29 is 4.74 Å². The first-order chi connectivity index (χ1) is 9.69. The number of halogens is 1. The van der Waals surface area contributed by atoms with Gasteiger partial charge < -0.3 is 4.74 Å². The molecule has 3 nitrogen and oxygen atoms in total. The van der Waals surface area contributed by atoms with Crippen LogP contribution < -0.4 is 4.74 Å². The second-order valence-corrected chi connectivity index (χ2v) is 4.89. The highest BCUT2D eigenvalue weighted by Crippen LogP contribution is 2.20. The Balaban J connectivity index is 2.12. The minimum Gasteiger partial charge on any atom is -0.486 e. The zero-order valence-corrected chi connectivity index (χ0v) is 12.4. The van der Waals surface area contributed by atoms with Gasteiger partial charge in [-0.1, -0.05) is 17.9 Å². The van der Waals surface area contributed by atoms with Gasteiger partial charge in [0.05, 0.1) is 11.3 Å². The van der Waals surface area contributed by atoms with E-state index in [0.29, 0.717) is 18.9 Å². The SMILES string of the molecule is Cc1ccc(OCc2ccn(C)n2)c(C#CCCCl)c1. The largest absolute Gasteiger partial charge is 0.486 e. The summed E-state index contributed by atoms with van der Waals surface area (Å²) in [5, 5.41) is 4.29. The third-order valence-electron chi connectivity index (χ3n) is 2.72. The molecule has 1 heterocycles. The molecule has 0 N–H and O–H groups in total. The molecule has 20 heavy (non-hydrogen) atoms. The van der Waals surface area contributed by atoms with Crippen LogP contribution in [0.25, 0.3) is 0 Å². The molecule has 0 spiro atoms. The summed E-state index contributed by atoms with van der Waals surface area (Å²) in [6.45, 7) is 2.48. The molecule has 0 radical (unpaired) electrons. The van der Waals surface area contributed by atoms with Crippen molar-refractivity contribution in [1.82, 2.24) is 9.78 Å². The molecule has 2 aromatic rings. The Morgan fingerprint density at radius 1 is 1.35 bits per heavy atom. The molecule has 0 aliphatic rings. The molecule has 0 saturated heterocycles. The molecule has 0 fully saturated rings. The monoisotopic (exact) mass is 288 g/mol. The zero-order valence-electron chi connectivity index (χ0n) is 11.7. The fraction of sp³-hybridized carbons (Fsp3) is 0.312. The maximum atomic E-state index is 5.81.